The highest BCUT2D eigenvalue weighted by Gasteiger charge is 2.67. The molecule has 0 radical (unpaired) electrons. The van der Waals surface area contributed by atoms with E-state index in [1.165, 1.54) is 4.90 Å². The Balaban J connectivity index is 1.79. The highest BCUT2D eigenvalue weighted by molar-refractivity contribution is 6.23. The fourth-order valence-electron chi connectivity index (χ4n) is 3.71. The summed E-state index contributed by atoms with van der Waals surface area (Å²) in [5.74, 6) is -1.66. The third-order valence-electron chi connectivity index (χ3n) is 4.66. The van der Waals surface area contributed by atoms with Crippen molar-refractivity contribution in [2.45, 2.75) is 18.6 Å². The van der Waals surface area contributed by atoms with Crippen LogP contribution in [-0.4, -0.2) is 35.2 Å². The van der Waals surface area contributed by atoms with Crippen LogP contribution in [0.5, 0.6) is 0 Å². The summed E-state index contributed by atoms with van der Waals surface area (Å²) in [6.07, 6.45) is 3.10. The van der Waals surface area contributed by atoms with E-state index >= 15 is 0 Å². The van der Waals surface area contributed by atoms with Gasteiger partial charge in [-0.05, 0) is 24.6 Å². The highest BCUT2D eigenvalue weighted by atomic mass is 16.5. The zero-order chi connectivity index (χ0) is 14.8. The molecule has 5 heteroatoms. The van der Waals surface area contributed by atoms with Crippen LogP contribution < -0.4 is 4.90 Å². The summed E-state index contributed by atoms with van der Waals surface area (Å²) < 4.78 is 5.70. The van der Waals surface area contributed by atoms with Gasteiger partial charge in [-0.25, -0.2) is 4.90 Å². The minimum atomic E-state index is -1.03. The molecule has 0 aliphatic carbocycles. The van der Waals surface area contributed by atoms with Crippen LogP contribution in [0.2, 0.25) is 0 Å². The van der Waals surface area contributed by atoms with Crippen LogP contribution in [0, 0.1) is 18.8 Å². The molecule has 2 amide bonds. The summed E-state index contributed by atoms with van der Waals surface area (Å²) in [7, 11) is 0. The van der Waals surface area contributed by atoms with Gasteiger partial charge < -0.3 is 9.84 Å². The molecule has 2 fully saturated rings. The number of benzene rings is 1. The first-order valence-corrected chi connectivity index (χ1v) is 7.00. The van der Waals surface area contributed by atoms with Crippen LogP contribution in [-0.2, 0) is 14.3 Å². The van der Waals surface area contributed by atoms with Gasteiger partial charge in [0, 0.05) is 0 Å². The van der Waals surface area contributed by atoms with Crippen molar-refractivity contribution in [2.75, 3.05) is 11.5 Å². The molecule has 108 valence electrons. The SMILES string of the molecule is Cc1cccc(N2C(=O)[C@@H]3[C@@H]4C=C[C@@](CO)(O4)[C@@H]3C2=O)c1. The Hall–Kier alpha value is -1.98. The first-order chi connectivity index (χ1) is 10.1. The second kappa shape index (κ2) is 4.02. The quantitative estimate of drug-likeness (QED) is 0.645. The van der Waals surface area contributed by atoms with E-state index in [1.807, 2.05) is 25.1 Å². The summed E-state index contributed by atoms with van der Waals surface area (Å²) in [6.45, 7) is 1.63. The number of carbonyl (C=O) groups excluding carboxylic acids is 2. The average Bonchev–Trinajstić information content (AvgIpc) is 3.10. The monoisotopic (exact) mass is 285 g/mol. The lowest BCUT2D eigenvalue weighted by Gasteiger charge is -2.26. The van der Waals surface area contributed by atoms with E-state index in [1.54, 1.807) is 18.2 Å². The van der Waals surface area contributed by atoms with E-state index < -0.39 is 23.5 Å². The molecule has 4 atom stereocenters. The Bertz CT molecular complexity index is 683. The number of rotatable bonds is 2. The standard InChI is InChI=1S/C16H15NO4/c1-9-3-2-4-10(7-9)17-14(19)12-11-5-6-16(8-18,21-11)13(12)15(17)20/h2-7,11-13,18H,8H2,1H3/t11-,12+,13-,16-/m0/s1. The van der Waals surface area contributed by atoms with Gasteiger partial charge in [-0.3, -0.25) is 9.59 Å². The molecule has 3 aliphatic heterocycles. The first kappa shape index (κ1) is 12.7. The average molecular weight is 285 g/mol. The number of anilines is 1. The van der Waals surface area contributed by atoms with E-state index in [0.717, 1.165) is 5.56 Å². The van der Waals surface area contributed by atoms with Gasteiger partial charge in [0.2, 0.25) is 11.8 Å². The van der Waals surface area contributed by atoms with Gasteiger partial charge in [0.25, 0.3) is 0 Å². The zero-order valence-corrected chi connectivity index (χ0v) is 11.5. The van der Waals surface area contributed by atoms with Crippen molar-refractivity contribution < 1.29 is 19.4 Å². The molecule has 0 unspecified atom stereocenters. The number of nitrogens with zero attached hydrogens (tertiary/aromatic N) is 1. The minimum Gasteiger partial charge on any atom is -0.393 e. The van der Waals surface area contributed by atoms with Crippen LogP contribution in [0.25, 0.3) is 0 Å². The van der Waals surface area contributed by atoms with Crippen molar-refractivity contribution in [1.82, 2.24) is 0 Å². The number of aliphatic hydroxyl groups is 1. The molecule has 3 heterocycles. The molecule has 1 aromatic rings. The normalized spacial score (nSPS) is 36.7. The zero-order valence-electron chi connectivity index (χ0n) is 11.5. The smallest absolute Gasteiger partial charge is 0.241 e. The van der Waals surface area contributed by atoms with Crippen LogP contribution in [0.4, 0.5) is 5.69 Å². The number of ether oxygens (including phenoxy) is 1. The van der Waals surface area contributed by atoms with Gasteiger partial charge in [-0.1, -0.05) is 24.3 Å². The fraction of sp³-hybridized carbons (Fsp3) is 0.375. The molecule has 1 N–H and O–H groups in total. The summed E-state index contributed by atoms with van der Waals surface area (Å²) in [4.78, 5) is 26.7. The summed E-state index contributed by atoms with van der Waals surface area (Å²) in [5.41, 5.74) is 0.548. The third kappa shape index (κ3) is 1.47. The molecule has 2 saturated heterocycles. The summed E-state index contributed by atoms with van der Waals surface area (Å²) in [5, 5.41) is 9.64. The van der Waals surface area contributed by atoms with Gasteiger partial charge >= 0.3 is 0 Å². The van der Waals surface area contributed by atoms with E-state index in [2.05, 4.69) is 0 Å². The van der Waals surface area contributed by atoms with Crippen molar-refractivity contribution in [3.63, 3.8) is 0 Å². The number of carbonyl (C=O) groups is 2. The van der Waals surface area contributed by atoms with Gasteiger partial charge in [0.15, 0.2) is 0 Å². The van der Waals surface area contributed by atoms with E-state index in [0.29, 0.717) is 5.69 Å². The van der Waals surface area contributed by atoms with Crippen LogP contribution >= 0.6 is 0 Å². The van der Waals surface area contributed by atoms with Gasteiger partial charge in [0.05, 0.1) is 30.2 Å². The molecule has 3 aliphatic rings. The van der Waals surface area contributed by atoms with Crippen molar-refractivity contribution in [3.8, 4) is 0 Å². The van der Waals surface area contributed by atoms with Crippen LogP contribution in [0.1, 0.15) is 5.56 Å². The number of fused-ring (bicyclic) bond motifs is 5. The lowest BCUT2D eigenvalue weighted by Crippen LogP contribution is -2.43. The molecular formula is C16H15NO4. The molecule has 21 heavy (non-hydrogen) atoms. The predicted molar refractivity (Wildman–Crippen MR) is 74.5 cm³/mol. The van der Waals surface area contributed by atoms with E-state index in [-0.39, 0.29) is 18.4 Å². The second-order valence-electron chi connectivity index (χ2n) is 5.91. The van der Waals surface area contributed by atoms with Crippen molar-refractivity contribution >= 4 is 17.5 Å². The molecule has 1 aromatic carbocycles. The van der Waals surface area contributed by atoms with E-state index in [4.69, 9.17) is 4.74 Å². The van der Waals surface area contributed by atoms with Crippen molar-refractivity contribution in [2.24, 2.45) is 11.8 Å². The largest absolute Gasteiger partial charge is 0.393 e. The molecule has 5 nitrogen and oxygen atoms in total. The molecule has 2 bridgehead atoms. The maximum absolute atomic E-state index is 12.7. The molecule has 4 rings (SSSR count). The van der Waals surface area contributed by atoms with Gasteiger partial charge in [0.1, 0.15) is 5.60 Å². The number of hydrogen-bond donors (Lipinski definition) is 1. The lowest BCUT2D eigenvalue weighted by atomic mass is 9.77. The van der Waals surface area contributed by atoms with Crippen molar-refractivity contribution in [1.29, 1.82) is 0 Å². The summed E-state index contributed by atoms with van der Waals surface area (Å²) >= 11 is 0. The maximum Gasteiger partial charge on any atom is 0.241 e. The van der Waals surface area contributed by atoms with Gasteiger partial charge in [-0.2, -0.15) is 0 Å². The number of hydrogen-bond acceptors (Lipinski definition) is 4. The molecule has 0 aromatic heterocycles. The fourth-order valence-corrected chi connectivity index (χ4v) is 3.71. The van der Waals surface area contributed by atoms with E-state index in [9.17, 15) is 14.7 Å². The Morgan fingerprint density at radius 3 is 2.86 bits per heavy atom. The predicted octanol–water partition coefficient (Wildman–Crippen LogP) is 0.800. The maximum atomic E-state index is 12.7. The number of amides is 2. The second-order valence-corrected chi connectivity index (χ2v) is 5.91. The highest BCUT2D eigenvalue weighted by Crippen LogP contribution is 2.52. The topological polar surface area (TPSA) is 66.8 Å². The third-order valence-corrected chi connectivity index (χ3v) is 4.66. The van der Waals surface area contributed by atoms with Crippen molar-refractivity contribution in [3.05, 3.63) is 42.0 Å². The molecule has 0 saturated carbocycles. The molecular weight excluding hydrogens is 270 g/mol. The lowest BCUT2D eigenvalue weighted by molar-refractivity contribution is -0.128. The Morgan fingerprint density at radius 2 is 2.14 bits per heavy atom. The summed E-state index contributed by atoms with van der Waals surface area (Å²) in [6, 6.07) is 7.31. The van der Waals surface area contributed by atoms with Crippen LogP contribution in [0.3, 0.4) is 0 Å². The minimum absolute atomic E-state index is 0.236. The Kier molecular flexibility index (Phi) is 2.44. The number of aliphatic hydroxyl groups excluding tert-OH is 1. The van der Waals surface area contributed by atoms with Gasteiger partial charge in [-0.15, -0.1) is 0 Å². The number of aryl methyl sites for hydroxylation is 1. The number of imide groups is 1. The molecule has 0 spiro atoms. The Morgan fingerprint density at radius 1 is 1.33 bits per heavy atom. The van der Waals surface area contributed by atoms with Crippen LogP contribution in [0.15, 0.2) is 36.4 Å². The Labute approximate surface area is 121 Å². The first-order valence-electron chi connectivity index (χ1n) is 7.00.